The SMILES string of the molecule is C=C(CN(CCCC[C@H](N)C(C)=O)Cc1nccn1CC(=O)O)N(/C=C\N)CC(=O)O. The molecule has 6 N–H and O–H groups in total. The molecule has 0 aliphatic rings. The highest BCUT2D eigenvalue weighted by Crippen LogP contribution is 2.12. The predicted octanol–water partition coefficient (Wildman–Crippen LogP) is 0.187. The van der Waals surface area contributed by atoms with Crippen molar-refractivity contribution in [2.75, 3.05) is 19.6 Å². The van der Waals surface area contributed by atoms with Crippen LogP contribution >= 0.6 is 0 Å². The predicted molar refractivity (Wildman–Crippen MR) is 114 cm³/mol. The van der Waals surface area contributed by atoms with E-state index in [-0.39, 0.29) is 18.9 Å². The van der Waals surface area contributed by atoms with Gasteiger partial charge in [-0.15, -0.1) is 0 Å². The first-order chi connectivity index (χ1) is 14.6. The third kappa shape index (κ3) is 9.92. The molecule has 172 valence electrons. The summed E-state index contributed by atoms with van der Waals surface area (Å²) in [5.41, 5.74) is 11.7. The fourth-order valence-electron chi connectivity index (χ4n) is 2.97. The summed E-state index contributed by atoms with van der Waals surface area (Å²) < 4.78 is 1.54. The number of aliphatic carboxylic acids is 2. The van der Waals surface area contributed by atoms with Gasteiger partial charge in [-0.25, -0.2) is 4.98 Å². The van der Waals surface area contributed by atoms with Crippen molar-refractivity contribution in [1.82, 2.24) is 19.4 Å². The lowest BCUT2D eigenvalue weighted by molar-refractivity contribution is -0.138. The van der Waals surface area contributed by atoms with Crippen molar-refractivity contribution >= 4 is 17.7 Å². The third-order valence-corrected chi connectivity index (χ3v) is 4.62. The van der Waals surface area contributed by atoms with Gasteiger partial charge in [-0.3, -0.25) is 19.3 Å². The van der Waals surface area contributed by atoms with E-state index in [0.717, 1.165) is 12.8 Å². The van der Waals surface area contributed by atoms with Crippen LogP contribution in [0.2, 0.25) is 0 Å². The molecule has 1 aromatic rings. The van der Waals surface area contributed by atoms with Crippen molar-refractivity contribution in [3.8, 4) is 0 Å². The van der Waals surface area contributed by atoms with E-state index in [1.807, 2.05) is 4.90 Å². The Morgan fingerprint density at radius 3 is 2.55 bits per heavy atom. The number of rotatable bonds is 16. The molecule has 11 heteroatoms. The maximum absolute atomic E-state index is 11.3. The average Bonchev–Trinajstić information content (AvgIpc) is 3.09. The van der Waals surface area contributed by atoms with Gasteiger partial charge in [0.2, 0.25) is 0 Å². The molecule has 0 bridgehead atoms. The smallest absolute Gasteiger partial charge is 0.323 e. The van der Waals surface area contributed by atoms with E-state index in [2.05, 4.69) is 11.6 Å². The lowest BCUT2D eigenvalue weighted by Gasteiger charge is -2.28. The van der Waals surface area contributed by atoms with E-state index >= 15 is 0 Å². The second-order valence-corrected chi connectivity index (χ2v) is 7.22. The van der Waals surface area contributed by atoms with Crippen LogP contribution in [0, 0.1) is 0 Å². The summed E-state index contributed by atoms with van der Waals surface area (Å²) >= 11 is 0. The summed E-state index contributed by atoms with van der Waals surface area (Å²) in [5.74, 6) is -1.50. The van der Waals surface area contributed by atoms with E-state index in [0.29, 0.717) is 37.6 Å². The Bertz CT molecular complexity index is 791. The minimum Gasteiger partial charge on any atom is -0.480 e. The number of imidazole rings is 1. The lowest BCUT2D eigenvalue weighted by atomic mass is 10.1. The van der Waals surface area contributed by atoms with Gasteiger partial charge in [0.25, 0.3) is 0 Å². The van der Waals surface area contributed by atoms with Crippen LogP contribution in [-0.2, 0) is 27.5 Å². The number of ketones is 1. The normalized spacial score (nSPS) is 12.2. The van der Waals surface area contributed by atoms with Crippen LogP contribution in [0.3, 0.4) is 0 Å². The van der Waals surface area contributed by atoms with E-state index < -0.39 is 18.0 Å². The van der Waals surface area contributed by atoms with Crippen LogP contribution in [0.5, 0.6) is 0 Å². The first-order valence-electron chi connectivity index (χ1n) is 9.88. The molecule has 0 amide bonds. The van der Waals surface area contributed by atoms with Crippen LogP contribution in [0.4, 0.5) is 0 Å². The Labute approximate surface area is 181 Å². The van der Waals surface area contributed by atoms with Gasteiger partial charge in [-0.2, -0.15) is 0 Å². The van der Waals surface area contributed by atoms with Gasteiger partial charge in [-0.1, -0.05) is 13.0 Å². The zero-order chi connectivity index (χ0) is 23.4. The highest BCUT2D eigenvalue weighted by molar-refractivity contribution is 5.81. The van der Waals surface area contributed by atoms with Gasteiger partial charge in [0.15, 0.2) is 0 Å². The number of aromatic nitrogens is 2. The number of carboxylic acids is 2. The summed E-state index contributed by atoms with van der Waals surface area (Å²) in [7, 11) is 0. The summed E-state index contributed by atoms with van der Waals surface area (Å²) in [6.45, 7) is 6.19. The summed E-state index contributed by atoms with van der Waals surface area (Å²) in [6, 6.07) is -0.487. The number of carbonyl (C=O) groups excluding carboxylic acids is 1. The van der Waals surface area contributed by atoms with Crippen LogP contribution in [0.25, 0.3) is 0 Å². The number of carboxylic acid groups (broad SMARTS) is 2. The molecule has 0 unspecified atom stereocenters. The molecule has 1 atom stereocenters. The van der Waals surface area contributed by atoms with Gasteiger partial charge >= 0.3 is 11.9 Å². The largest absolute Gasteiger partial charge is 0.480 e. The molecule has 11 nitrogen and oxygen atoms in total. The topological polar surface area (TPSA) is 168 Å². The molecular formula is C20H32N6O5. The summed E-state index contributed by atoms with van der Waals surface area (Å²) in [4.78, 5) is 41.2. The number of nitrogens with two attached hydrogens (primary N) is 2. The van der Waals surface area contributed by atoms with Gasteiger partial charge in [-0.05, 0) is 26.3 Å². The minimum absolute atomic E-state index is 0.0567. The molecule has 1 heterocycles. The van der Waals surface area contributed by atoms with Crippen molar-refractivity contribution in [3.05, 3.63) is 42.9 Å². The number of nitrogens with zero attached hydrogens (tertiary/aromatic N) is 4. The van der Waals surface area contributed by atoms with E-state index in [4.69, 9.17) is 21.7 Å². The van der Waals surface area contributed by atoms with Crippen molar-refractivity contribution in [2.24, 2.45) is 11.5 Å². The summed E-state index contributed by atoms with van der Waals surface area (Å²) in [5, 5.41) is 18.2. The number of hydrogen-bond acceptors (Lipinski definition) is 8. The molecule has 0 spiro atoms. The molecule has 1 aromatic heterocycles. The van der Waals surface area contributed by atoms with Crippen molar-refractivity contribution < 1.29 is 24.6 Å². The second kappa shape index (κ2) is 13.2. The Hall–Kier alpha value is -3.18. The van der Waals surface area contributed by atoms with Crippen molar-refractivity contribution in [3.63, 3.8) is 0 Å². The first kappa shape index (κ1) is 25.9. The Kier molecular flexibility index (Phi) is 11.0. The van der Waals surface area contributed by atoms with Gasteiger partial charge < -0.3 is 31.1 Å². The quantitative estimate of drug-likeness (QED) is 0.262. The molecule has 0 saturated carbocycles. The molecule has 0 aromatic carbocycles. The third-order valence-electron chi connectivity index (χ3n) is 4.62. The molecular weight excluding hydrogens is 404 g/mol. The molecule has 0 radical (unpaired) electrons. The van der Waals surface area contributed by atoms with Crippen molar-refractivity contribution in [2.45, 2.75) is 45.3 Å². The van der Waals surface area contributed by atoms with E-state index in [1.54, 1.807) is 10.8 Å². The molecule has 0 saturated heterocycles. The Balaban J connectivity index is 2.87. The molecule has 31 heavy (non-hydrogen) atoms. The number of unbranched alkanes of at least 4 members (excludes halogenated alkanes) is 1. The maximum Gasteiger partial charge on any atom is 0.323 e. The Morgan fingerprint density at radius 1 is 1.26 bits per heavy atom. The van der Waals surface area contributed by atoms with Gasteiger partial charge in [0, 0.05) is 37.0 Å². The van der Waals surface area contributed by atoms with Crippen LogP contribution in [0.15, 0.2) is 37.1 Å². The fraction of sp³-hybridized carbons (Fsp3) is 0.500. The van der Waals surface area contributed by atoms with Crippen LogP contribution < -0.4 is 11.5 Å². The number of Topliss-reactive ketones (excluding diaryl/α,β-unsaturated/α-hetero) is 1. The molecule has 0 aliphatic carbocycles. The van der Waals surface area contributed by atoms with Crippen LogP contribution in [-0.4, -0.2) is 73.0 Å². The molecule has 0 aliphatic heterocycles. The van der Waals surface area contributed by atoms with Gasteiger partial charge in [0.05, 0.1) is 12.6 Å². The second-order valence-electron chi connectivity index (χ2n) is 7.22. The number of carbonyl (C=O) groups is 3. The summed E-state index contributed by atoms with van der Waals surface area (Å²) in [6.07, 6.45) is 7.83. The minimum atomic E-state index is -1.03. The first-order valence-corrected chi connectivity index (χ1v) is 9.88. The van der Waals surface area contributed by atoms with E-state index in [9.17, 15) is 14.4 Å². The lowest BCUT2D eigenvalue weighted by Crippen LogP contribution is -2.34. The zero-order valence-corrected chi connectivity index (χ0v) is 17.8. The fourth-order valence-corrected chi connectivity index (χ4v) is 2.97. The van der Waals surface area contributed by atoms with E-state index in [1.165, 1.54) is 30.4 Å². The standard InChI is InChI=1S/C20H32N6O5/c1-15(25(9-6-21)13-19(28)29)11-24(8-4-3-5-17(22)16(2)27)12-18-23-7-10-26(18)14-20(30)31/h6-7,9-10,17H,1,3-5,8,11-14,21-22H2,2H3,(H,28,29)(H,30,31)/b9-6-/t17-/m0/s1. The maximum atomic E-state index is 11.3. The zero-order valence-electron chi connectivity index (χ0n) is 17.8. The average molecular weight is 437 g/mol. The monoisotopic (exact) mass is 436 g/mol. The highest BCUT2D eigenvalue weighted by atomic mass is 16.4. The molecule has 0 fully saturated rings. The number of hydrogen-bond donors (Lipinski definition) is 4. The highest BCUT2D eigenvalue weighted by Gasteiger charge is 2.17. The molecule has 1 rings (SSSR count). The van der Waals surface area contributed by atoms with Gasteiger partial charge in [0.1, 0.15) is 24.7 Å². The Morgan fingerprint density at radius 2 is 1.97 bits per heavy atom. The van der Waals surface area contributed by atoms with Crippen LogP contribution in [0.1, 0.15) is 32.0 Å². The van der Waals surface area contributed by atoms with Crippen molar-refractivity contribution in [1.29, 1.82) is 0 Å².